The summed E-state index contributed by atoms with van der Waals surface area (Å²) in [4.78, 5) is 0. The Morgan fingerprint density at radius 3 is 2.09 bits per heavy atom. The normalized spacial score (nSPS) is 12.5. The zero-order valence-corrected chi connectivity index (χ0v) is 13.3. The van der Waals surface area contributed by atoms with Crippen LogP contribution in [0.4, 0.5) is 0 Å². The average molecular weight is 314 g/mol. The largest absolute Gasteiger partial charge is 0.493 e. The number of hydrogen-bond donors (Lipinski definition) is 0. The van der Waals surface area contributed by atoms with Crippen LogP contribution in [0.1, 0.15) is 11.1 Å². The van der Waals surface area contributed by atoms with Crippen molar-refractivity contribution in [3.63, 3.8) is 0 Å². The van der Waals surface area contributed by atoms with Crippen molar-refractivity contribution >= 4 is 12.2 Å². The third kappa shape index (κ3) is 3.04. The number of ether oxygens (including phenoxy) is 5. The highest BCUT2D eigenvalue weighted by molar-refractivity contribution is 5.73. The van der Waals surface area contributed by atoms with Crippen molar-refractivity contribution in [1.82, 2.24) is 0 Å². The minimum Gasteiger partial charge on any atom is -0.493 e. The van der Waals surface area contributed by atoms with E-state index in [1.54, 1.807) is 21.3 Å². The monoisotopic (exact) mass is 314 g/mol. The van der Waals surface area contributed by atoms with Crippen LogP contribution in [0.3, 0.4) is 0 Å². The molecule has 2 aromatic rings. The van der Waals surface area contributed by atoms with Gasteiger partial charge in [0.15, 0.2) is 23.0 Å². The standard InChI is InChI=1S/C18H18O5/c1-19-16-9-13(10-17(20-2)18(16)21-3)5-4-12-6-7-14-15(8-12)23-11-22-14/h4-10H,11H2,1-3H3/b5-4-. The van der Waals surface area contributed by atoms with Gasteiger partial charge < -0.3 is 23.7 Å². The Morgan fingerprint density at radius 2 is 1.43 bits per heavy atom. The van der Waals surface area contributed by atoms with Gasteiger partial charge in [-0.25, -0.2) is 0 Å². The van der Waals surface area contributed by atoms with Crippen LogP contribution < -0.4 is 23.7 Å². The highest BCUT2D eigenvalue weighted by Gasteiger charge is 2.13. The Kier molecular flexibility index (Phi) is 4.28. The number of fused-ring (bicyclic) bond motifs is 1. The summed E-state index contributed by atoms with van der Waals surface area (Å²) in [5.41, 5.74) is 1.96. The molecule has 1 aliphatic rings. The summed E-state index contributed by atoms with van der Waals surface area (Å²) in [6.07, 6.45) is 3.96. The van der Waals surface area contributed by atoms with Crippen molar-refractivity contribution < 1.29 is 23.7 Å². The second-order valence-electron chi connectivity index (χ2n) is 4.90. The summed E-state index contributed by atoms with van der Waals surface area (Å²) in [7, 11) is 4.79. The lowest BCUT2D eigenvalue weighted by atomic mass is 10.1. The van der Waals surface area contributed by atoms with Crippen LogP contribution in [0.2, 0.25) is 0 Å². The molecule has 1 aliphatic heterocycles. The van der Waals surface area contributed by atoms with Gasteiger partial charge in [-0.15, -0.1) is 0 Å². The summed E-state index contributed by atoms with van der Waals surface area (Å²) >= 11 is 0. The molecule has 120 valence electrons. The number of rotatable bonds is 5. The summed E-state index contributed by atoms with van der Waals surface area (Å²) < 4.78 is 26.7. The van der Waals surface area contributed by atoms with Crippen LogP contribution in [0, 0.1) is 0 Å². The predicted octanol–water partition coefficient (Wildman–Crippen LogP) is 3.61. The van der Waals surface area contributed by atoms with E-state index in [9.17, 15) is 0 Å². The number of methoxy groups -OCH3 is 3. The maximum Gasteiger partial charge on any atom is 0.231 e. The molecule has 0 radical (unpaired) electrons. The molecule has 1 heterocycles. The van der Waals surface area contributed by atoms with Crippen LogP contribution in [-0.4, -0.2) is 28.1 Å². The van der Waals surface area contributed by atoms with Crippen molar-refractivity contribution in [2.75, 3.05) is 28.1 Å². The zero-order valence-electron chi connectivity index (χ0n) is 13.3. The molecule has 0 amide bonds. The molecule has 0 spiro atoms. The van der Waals surface area contributed by atoms with Crippen molar-refractivity contribution in [3.05, 3.63) is 41.5 Å². The van der Waals surface area contributed by atoms with Crippen LogP contribution in [0.15, 0.2) is 30.3 Å². The third-order valence-corrected chi connectivity index (χ3v) is 3.55. The summed E-state index contributed by atoms with van der Waals surface area (Å²) in [5.74, 6) is 3.36. The van der Waals surface area contributed by atoms with E-state index < -0.39 is 0 Å². The minimum atomic E-state index is 0.273. The Bertz CT molecular complexity index is 711. The Labute approximate surface area is 135 Å². The lowest BCUT2D eigenvalue weighted by Gasteiger charge is -2.12. The number of hydrogen-bond acceptors (Lipinski definition) is 5. The highest BCUT2D eigenvalue weighted by Crippen LogP contribution is 2.39. The van der Waals surface area contributed by atoms with E-state index in [1.807, 2.05) is 42.5 Å². The van der Waals surface area contributed by atoms with Crippen LogP contribution in [-0.2, 0) is 0 Å². The van der Waals surface area contributed by atoms with Gasteiger partial charge in [-0.3, -0.25) is 0 Å². The smallest absolute Gasteiger partial charge is 0.231 e. The van der Waals surface area contributed by atoms with Gasteiger partial charge in [0.1, 0.15) is 0 Å². The second-order valence-corrected chi connectivity index (χ2v) is 4.90. The van der Waals surface area contributed by atoms with Crippen molar-refractivity contribution in [1.29, 1.82) is 0 Å². The maximum atomic E-state index is 5.38. The Morgan fingerprint density at radius 1 is 0.783 bits per heavy atom. The van der Waals surface area contributed by atoms with Gasteiger partial charge in [0, 0.05) is 0 Å². The van der Waals surface area contributed by atoms with Gasteiger partial charge in [0.25, 0.3) is 0 Å². The maximum absolute atomic E-state index is 5.38. The van der Waals surface area contributed by atoms with Crippen LogP contribution in [0.5, 0.6) is 28.7 Å². The van der Waals surface area contributed by atoms with Crippen molar-refractivity contribution in [3.8, 4) is 28.7 Å². The number of benzene rings is 2. The molecule has 0 N–H and O–H groups in total. The first-order valence-electron chi connectivity index (χ1n) is 7.13. The SMILES string of the molecule is COc1cc(/C=C\c2ccc3c(c2)OCO3)cc(OC)c1OC. The molecule has 5 heteroatoms. The lowest BCUT2D eigenvalue weighted by molar-refractivity contribution is 0.174. The molecular weight excluding hydrogens is 296 g/mol. The van der Waals surface area contributed by atoms with E-state index in [1.165, 1.54) is 0 Å². The molecule has 23 heavy (non-hydrogen) atoms. The van der Waals surface area contributed by atoms with Crippen molar-refractivity contribution in [2.45, 2.75) is 0 Å². The molecular formula is C18H18O5. The Balaban J connectivity index is 1.90. The van der Waals surface area contributed by atoms with E-state index in [0.717, 1.165) is 22.6 Å². The van der Waals surface area contributed by atoms with Gasteiger partial charge in [-0.05, 0) is 35.4 Å². The van der Waals surface area contributed by atoms with Crippen LogP contribution >= 0.6 is 0 Å². The molecule has 0 aliphatic carbocycles. The molecule has 0 aromatic heterocycles. The molecule has 0 unspecified atom stereocenters. The molecule has 0 saturated carbocycles. The fraction of sp³-hybridized carbons (Fsp3) is 0.222. The average Bonchev–Trinajstić information content (AvgIpc) is 3.06. The van der Waals surface area contributed by atoms with Gasteiger partial charge >= 0.3 is 0 Å². The molecule has 5 nitrogen and oxygen atoms in total. The first-order valence-corrected chi connectivity index (χ1v) is 7.13. The predicted molar refractivity (Wildman–Crippen MR) is 87.6 cm³/mol. The first kappa shape index (κ1) is 15.1. The Hall–Kier alpha value is -2.82. The van der Waals surface area contributed by atoms with E-state index in [4.69, 9.17) is 23.7 Å². The summed E-state index contributed by atoms with van der Waals surface area (Å²) in [6, 6.07) is 9.60. The van der Waals surface area contributed by atoms with E-state index >= 15 is 0 Å². The lowest BCUT2D eigenvalue weighted by Crippen LogP contribution is -1.95. The minimum absolute atomic E-state index is 0.273. The molecule has 0 atom stereocenters. The first-order chi connectivity index (χ1) is 11.2. The van der Waals surface area contributed by atoms with E-state index in [0.29, 0.717) is 17.2 Å². The van der Waals surface area contributed by atoms with Gasteiger partial charge in [0.2, 0.25) is 12.5 Å². The fourth-order valence-electron chi connectivity index (χ4n) is 2.41. The van der Waals surface area contributed by atoms with Crippen LogP contribution in [0.25, 0.3) is 12.2 Å². The van der Waals surface area contributed by atoms with Gasteiger partial charge in [0.05, 0.1) is 21.3 Å². The fourth-order valence-corrected chi connectivity index (χ4v) is 2.41. The van der Waals surface area contributed by atoms with Gasteiger partial charge in [-0.2, -0.15) is 0 Å². The van der Waals surface area contributed by atoms with E-state index in [-0.39, 0.29) is 6.79 Å². The van der Waals surface area contributed by atoms with Crippen molar-refractivity contribution in [2.24, 2.45) is 0 Å². The second kappa shape index (κ2) is 6.52. The molecule has 0 saturated heterocycles. The van der Waals surface area contributed by atoms with E-state index in [2.05, 4.69) is 0 Å². The zero-order chi connectivity index (χ0) is 16.2. The molecule has 0 fully saturated rings. The quantitative estimate of drug-likeness (QED) is 0.789. The third-order valence-electron chi connectivity index (χ3n) is 3.55. The molecule has 0 bridgehead atoms. The highest BCUT2D eigenvalue weighted by atomic mass is 16.7. The summed E-state index contributed by atoms with van der Waals surface area (Å²) in [6.45, 7) is 0.273. The molecule has 3 rings (SSSR count). The topological polar surface area (TPSA) is 46.2 Å². The molecule has 2 aromatic carbocycles. The van der Waals surface area contributed by atoms with Gasteiger partial charge in [-0.1, -0.05) is 18.2 Å². The summed E-state index contributed by atoms with van der Waals surface area (Å²) in [5, 5.41) is 0.